The van der Waals surface area contributed by atoms with Gasteiger partial charge in [-0.25, -0.2) is 0 Å². The molecule has 1 aromatic rings. The second-order valence-electron chi connectivity index (χ2n) is 4.38. The van der Waals surface area contributed by atoms with Crippen molar-refractivity contribution in [3.63, 3.8) is 0 Å². The molecular formula is C13H19BrN2O. The second kappa shape index (κ2) is 6.77. The molecule has 4 heteroatoms. The average Bonchev–Trinajstić information content (AvgIpc) is 2.30. The second-order valence-corrected chi connectivity index (χ2v) is 5.29. The number of nitrogens with two attached hydrogens (primary N) is 1. The Bertz CT molecular complexity index is 364. The van der Waals surface area contributed by atoms with E-state index in [2.05, 4.69) is 33.4 Å². The van der Waals surface area contributed by atoms with Crippen LogP contribution >= 0.6 is 15.9 Å². The summed E-state index contributed by atoms with van der Waals surface area (Å²) in [6.07, 6.45) is 0.830. The molecule has 0 spiro atoms. The standard InChI is InChI=1S/C13H19BrN2O/c1-9(8-15)13(17)16-10(2)7-11-3-5-12(14)6-4-11/h3-6,9-10H,7-8,15H2,1-2H3,(H,16,17). The van der Waals surface area contributed by atoms with Gasteiger partial charge >= 0.3 is 0 Å². The zero-order chi connectivity index (χ0) is 12.8. The van der Waals surface area contributed by atoms with Gasteiger partial charge in [0.2, 0.25) is 5.91 Å². The number of nitrogens with one attached hydrogen (secondary N) is 1. The lowest BCUT2D eigenvalue weighted by molar-refractivity contribution is -0.124. The number of amides is 1. The molecule has 2 unspecified atom stereocenters. The maximum atomic E-state index is 11.6. The lowest BCUT2D eigenvalue weighted by Gasteiger charge is -2.16. The molecule has 0 aliphatic rings. The first-order chi connectivity index (χ1) is 8.02. The smallest absolute Gasteiger partial charge is 0.224 e. The van der Waals surface area contributed by atoms with Crippen LogP contribution in [0.2, 0.25) is 0 Å². The molecule has 1 rings (SSSR count). The van der Waals surface area contributed by atoms with E-state index in [1.54, 1.807) is 0 Å². The Morgan fingerprint density at radius 1 is 1.35 bits per heavy atom. The van der Waals surface area contributed by atoms with Gasteiger partial charge in [0, 0.05) is 23.0 Å². The van der Waals surface area contributed by atoms with Crippen LogP contribution in [0.15, 0.2) is 28.7 Å². The minimum absolute atomic E-state index is 0.0251. The van der Waals surface area contributed by atoms with Gasteiger partial charge in [-0.15, -0.1) is 0 Å². The fraction of sp³-hybridized carbons (Fsp3) is 0.462. The number of hydrogen-bond donors (Lipinski definition) is 2. The topological polar surface area (TPSA) is 55.1 Å². The van der Waals surface area contributed by atoms with E-state index < -0.39 is 0 Å². The zero-order valence-electron chi connectivity index (χ0n) is 10.2. The van der Waals surface area contributed by atoms with Crippen LogP contribution < -0.4 is 11.1 Å². The van der Waals surface area contributed by atoms with Crippen molar-refractivity contribution >= 4 is 21.8 Å². The van der Waals surface area contributed by atoms with E-state index in [1.165, 1.54) is 5.56 Å². The maximum absolute atomic E-state index is 11.6. The monoisotopic (exact) mass is 298 g/mol. The van der Waals surface area contributed by atoms with Crippen LogP contribution in [0.3, 0.4) is 0 Å². The van der Waals surface area contributed by atoms with Crippen molar-refractivity contribution in [1.82, 2.24) is 5.32 Å². The molecule has 0 aliphatic heterocycles. The highest BCUT2D eigenvalue weighted by atomic mass is 79.9. The predicted molar refractivity (Wildman–Crippen MR) is 73.7 cm³/mol. The summed E-state index contributed by atoms with van der Waals surface area (Å²) in [5, 5.41) is 2.96. The molecule has 1 amide bonds. The molecule has 0 saturated carbocycles. The molecule has 0 aromatic heterocycles. The third kappa shape index (κ3) is 4.88. The average molecular weight is 299 g/mol. The Morgan fingerprint density at radius 3 is 2.47 bits per heavy atom. The molecule has 0 fully saturated rings. The number of halogens is 1. The molecule has 0 aliphatic carbocycles. The number of carbonyl (C=O) groups excluding carboxylic acids is 1. The quantitative estimate of drug-likeness (QED) is 0.874. The lowest BCUT2D eigenvalue weighted by atomic mass is 10.1. The molecular weight excluding hydrogens is 280 g/mol. The Hall–Kier alpha value is -0.870. The van der Waals surface area contributed by atoms with Crippen LogP contribution in [0.1, 0.15) is 19.4 Å². The molecule has 3 N–H and O–H groups in total. The molecule has 0 heterocycles. The zero-order valence-corrected chi connectivity index (χ0v) is 11.8. The van der Waals surface area contributed by atoms with Crippen molar-refractivity contribution in [2.24, 2.45) is 11.7 Å². The highest BCUT2D eigenvalue weighted by molar-refractivity contribution is 9.10. The van der Waals surface area contributed by atoms with Crippen molar-refractivity contribution in [2.45, 2.75) is 26.3 Å². The van der Waals surface area contributed by atoms with E-state index in [0.717, 1.165) is 10.9 Å². The van der Waals surface area contributed by atoms with Crippen LogP contribution in [-0.2, 0) is 11.2 Å². The van der Waals surface area contributed by atoms with Crippen molar-refractivity contribution in [2.75, 3.05) is 6.54 Å². The van der Waals surface area contributed by atoms with Crippen molar-refractivity contribution in [3.05, 3.63) is 34.3 Å². The highest BCUT2D eigenvalue weighted by Crippen LogP contribution is 2.12. The van der Waals surface area contributed by atoms with Gasteiger partial charge in [0.05, 0.1) is 0 Å². The summed E-state index contributed by atoms with van der Waals surface area (Å²) in [6.45, 7) is 4.22. The summed E-state index contributed by atoms with van der Waals surface area (Å²) in [5.74, 6) is -0.0977. The van der Waals surface area contributed by atoms with Gasteiger partial charge in [-0.2, -0.15) is 0 Å². The third-order valence-electron chi connectivity index (χ3n) is 2.64. The van der Waals surface area contributed by atoms with Crippen LogP contribution in [0.4, 0.5) is 0 Å². The lowest BCUT2D eigenvalue weighted by Crippen LogP contribution is -2.39. The van der Waals surface area contributed by atoms with Crippen molar-refractivity contribution in [1.29, 1.82) is 0 Å². The molecule has 0 radical (unpaired) electrons. The van der Waals surface area contributed by atoms with E-state index in [0.29, 0.717) is 6.54 Å². The first-order valence-electron chi connectivity index (χ1n) is 5.77. The molecule has 17 heavy (non-hydrogen) atoms. The molecule has 94 valence electrons. The Kier molecular flexibility index (Phi) is 5.65. The van der Waals surface area contributed by atoms with Gasteiger partial charge in [0.15, 0.2) is 0 Å². The fourth-order valence-electron chi connectivity index (χ4n) is 1.52. The van der Waals surface area contributed by atoms with Gasteiger partial charge in [-0.05, 0) is 31.0 Å². The van der Waals surface area contributed by atoms with Crippen LogP contribution in [0.25, 0.3) is 0 Å². The first kappa shape index (κ1) is 14.2. The minimum atomic E-state index is -0.123. The van der Waals surface area contributed by atoms with Gasteiger partial charge in [0.1, 0.15) is 0 Å². The largest absolute Gasteiger partial charge is 0.353 e. The van der Waals surface area contributed by atoms with Crippen LogP contribution in [0.5, 0.6) is 0 Å². The van der Waals surface area contributed by atoms with Crippen molar-refractivity contribution < 1.29 is 4.79 Å². The normalized spacial score (nSPS) is 14.1. The maximum Gasteiger partial charge on any atom is 0.224 e. The minimum Gasteiger partial charge on any atom is -0.353 e. The SMILES string of the molecule is CC(Cc1ccc(Br)cc1)NC(=O)C(C)CN. The van der Waals surface area contributed by atoms with Crippen LogP contribution in [-0.4, -0.2) is 18.5 Å². The first-order valence-corrected chi connectivity index (χ1v) is 6.57. The summed E-state index contributed by atoms with van der Waals surface area (Å²) >= 11 is 3.40. The van der Waals surface area contributed by atoms with Gasteiger partial charge in [0.25, 0.3) is 0 Å². The van der Waals surface area contributed by atoms with Gasteiger partial charge in [-0.1, -0.05) is 35.0 Å². The summed E-state index contributed by atoms with van der Waals surface area (Å²) in [4.78, 5) is 11.6. The predicted octanol–water partition coefficient (Wildman–Crippen LogP) is 2.09. The highest BCUT2D eigenvalue weighted by Gasteiger charge is 2.13. The molecule has 0 saturated heterocycles. The molecule has 2 atom stereocenters. The Morgan fingerprint density at radius 2 is 1.94 bits per heavy atom. The number of hydrogen-bond acceptors (Lipinski definition) is 2. The fourth-order valence-corrected chi connectivity index (χ4v) is 1.78. The molecule has 1 aromatic carbocycles. The van der Waals surface area contributed by atoms with Gasteiger partial charge in [-0.3, -0.25) is 4.79 Å². The summed E-state index contributed by atoms with van der Waals surface area (Å²) in [6, 6.07) is 8.24. The van der Waals surface area contributed by atoms with E-state index in [-0.39, 0.29) is 17.9 Å². The van der Waals surface area contributed by atoms with Crippen LogP contribution in [0, 0.1) is 5.92 Å². The molecule has 0 bridgehead atoms. The number of rotatable bonds is 5. The summed E-state index contributed by atoms with van der Waals surface area (Å²) in [7, 11) is 0. The van der Waals surface area contributed by atoms with Crippen molar-refractivity contribution in [3.8, 4) is 0 Å². The van der Waals surface area contributed by atoms with E-state index in [1.807, 2.05) is 26.0 Å². The van der Waals surface area contributed by atoms with E-state index in [9.17, 15) is 4.79 Å². The third-order valence-corrected chi connectivity index (χ3v) is 3.17. The Labute approximate surface area is 111 Å². The molecule has 3 nitrogen and oxygen atoms in total. The summed E-state index contributed by atoms with van der Waals surface area (Å²) < 4.78 is 1.06. The Balaban J connectivity index is 2.47. The number of carbonyl (C=O) groups is 1. The van der Waals surface area contributed by atoms with Gasteiger partial charge < -0.3 is 11.1 Å². The van der Waals surface area contributed by atoms with E-state index >= 15 is 0 Å². The van der Waals surface area contributed by atoms with E-state index in [4.69, 9.17) is 5.73 Å². The summed E-state index contributed by atoms with van der Waals surface area (Å²) in [5.41, 5.74) is 6.66. The number of benzene rings is 1.